The number of aliphatic imine (C=N–C) groups is 1. The summed E-state index contributed by atoms with van der Waals surface area (Å²) < 4.78 is 5.52. The van der Waals surface area contributed by atoms with Crippen LogP contribution in [0.1, 0.15) is 236 Å². The van der Waals surface area contributed by atoms with Crippen molar-refractivity contribution in [3.63, 3.8) is 0 Å². The van der Waals surface area contributed by atoms with E-state index in [1.54, 1.807) is 6.26 Å². The van der Waals surface area contributed by atoms with Crippen molar-refractivity contribution in [3.8, 4) is 0 Å². The van der Waals surface area contributed by atoms with Crippen LogP contribution in [-0.4, -0.2) is 41.2 Å². The van der Waals surface area contributed by atoms with E-state index in [0.717, 1.165) is 36.8 Å². The van der Waals surface area contributed by atoms with Gasteiger partial charge >= 0.3 is 23.1 Å². The van der Waals surface area contributed by atoms with Crippen LogP contribution in [0.15, 0.2) is 34.0 Å². The van der Waals surface area contributed by atoms with Crippen LogP contribution in [0.2, 0.25) is 0 Å². The van der Waals surface area contributed by atoms with Gasteiger partial charge in [0.05, 0.1) is 0 Å². The Morgan fingerprint density at radius 1 is 0.527 bits per heavy atom. The minimum Gasteiger partial charge on any atom is -0.550 e. The summed E-state index contributed by atoms with van der Waals surface area (Å²) >= 11 is 0. The van der Waals surface area contributed by atoms with Gasteiger partial charge in [0.2, 0.25) is 0 Å². The number of aryl methyl sites for hydroxylation is 1. The molecule has 6 nitrogen and oxygen atoms in total. The van der Waals surface area contributed by atoms with Crippen molar-refractivity contribution in [2.45, 2.75) is 226 Å². The molecule has 0 saturated heterocycles. The molecule has 3 rings (SSSR count). The van der Waals surface area contributed by atoms with Gasteiger partial charge in [-0.3, -0.25) is 4.99 Å². The maximum atomic E-state index is 10.2. The third-order valence-electron chi connectivity index (χ3n) is 10.5. The summed E-state index contributed by atoms with van der Waals surface area (Å²) in [5.74, 6) is -1.81. The SMILES string of the molecule is CCCCCCCCCCCCCCCCCC(=O)[O-].CCCCCCCCCCCCCCCCCC(=O)[O-].Cc1ccc2c3c(coc13)C=NC=C2.[Mg+2]. The van der Waals surface area contributed by atoms with Crippen LogP contribution >= 0.6 is 0 Å². The van der Waals surface area contributed by atoms with E-state index in [-0.39, 0.29) is 35.9 Å². The smallest absolute Gasteiger partial charge is 0.550 e. The summed E-state index contributed by atoms with van der Waals surface area (Å²) in [4.78, 5) is 24.6. The molecule has 0 fully saturated rings. The van der Waals surface area contributed by atoms with Crippen LogP contribution in [0, 0.1) is 6.92 Å². The normalized spacial score (nSPS) is 11.3. The molecule has 0 spiro atoms. The summed E-state index contributed by atoms with van der Waals surface area (Å²) in [6, 6.07) is 4.17. The van der Waals surface area contributed by atoms with Crippen LogP contribution < -0.4 is 10.2 Å². The predicted molar refractivity (Wildman–Crippen MR) is 232 cm³/mol. The van der Waals surface area contributed by atoms with Crippen LogP contribution in [0.4, 0.5) is 0 Å². The number of rotatable bonds is 32. The number of carboxylic acid groups (broad SMARTS) is 2. The number of aliphatic carboxylic acids is 2. The Bertz CT molecular complexity index is 1210. The van der Waals surface area contributed by atoms with E-state index in [4.69, 9.17) is 4.42 Å². The first-order valence-corrected chi connectivity index (χ1v) is 22.5. The van der Waals surface area contributed by atoms with E-state index in [1.807, 2.05) is 18.5 Å². The molecule has 0 unspecified atom stereocenters. The molecule has 2 aromatic rings. The van der Waals surface area contributed by atoms with Gasteiger partial charge in [-0.1, -0.05) is 206 Å². The molecule has 0 aliphatic carbocycles. The van der Waals surface area contributed by atoms with Crippen LogP contribution in [0.25, 0.3) is 17.0 Å². The zero-order valence-electron chi connectivity index (χ0n) is 35.8. The first-order valence-electron chi connectivity index (χ1n) is 22.5. The van der Waals surface area contributed by atoms with Gasteiger partial charge in [0.25, 0.3) is 0 Å². The summed E-state index contributed by atoms with van der Waals surface area (Å²) in [6.07, 6.45) is 47.1. The molecule has 0 amide bonds. The Kier molecular flexibility index (Phi) is 37.2. The average molecular weight is 774 g/mol. The molecule has 1 aromatic carbocycles. The van der Waals surface area contributed by atoms with Crippen molar-refractivity contribution < 1.29 is 24.2 Å². The second-order valence-electron chi connectivity index (χ2n) is 15.6. The third-order valence-corrected chi connectivity index (χ3v) is 10.5. The monoisotopic (exact) mass is 774 g/mol. The van der Waals surface area contributed by atoms with Crippen molar-refractivity contribution in [2.24, 2.45) is 4.99 Å². The van der Waals surface area contributed by atoms with Gasteiger partial charge in [0.1, 0.15) is 11.8 Å². The van der Waals surface area contributed by atoms with Gasteiger partial charge in [-0.2, -0.15) is 0 Å². The van der Waals surface area contributed by atoms with Gasteiger partial charge in [0, 0.05) is 35.3 Å². The molecule has 0 saturated carbocycles. The van der Waals surface area contributed by atoms with Crippen molar-refractivity contribution in [2.75, 3.05) is 0 Å². The maximum absolute atomic E-state index is 10.2. The fourth-order valence-electron chi connectivity index (χ4n) is 7.09. The molecule has 0 atom stereocenters. The fourth-order valence-corrected chi connectivity index (χ4v) is 7.09. The minimum atomic E-state index is -0.903. The molecule has 1 aliphatic heterocycles. The molecule has 1 aromatic heterocycles. The average Bonchev–Trinajstić information content (AvgIpc) is 3.48. The van der Waals surface area contributed by atoms with Gasteiger partial charge in [0.15, 0.2) is 0 Å². The summed E-state index contributed by atoms with van der Waals surface area (Å²) in [7, 11) is 0. The summed E-state index contributed by atoms with van der Waals surface area (Å²) in [5.41, 5.74) is 4.37. The Balaban J connectivity index is 0.000000797. The molecule has 0 N–H and O–H groups in total. The number of hydrogen-bond acceptors (Lipinski definition) is 6. The summed E-state index contributed by atoms with van der Waals surface area (Å²) in [6.45, 7) is 6.59. The van der Waals surface area contributed by atoms with Gasteiger partial charge < -0.3 is 24.2 Å². The zero-order valence-corrected chi connectivity index (χ0v) is 37.2. The minimum absolute atomic E-state index is 0. The van der Waals surface area contributed by atoms with E-state index in [0.29, 0.717) is 0 Å². The zero-order chi connectivity index (χ0) is 39.3. The maximum Gasteiger partial charge on any atom is 2.00 e. The number of carboxylic acids is 2. The van der Waals surface area contributed by atoms with Crippen molar-refractivity contribution in [1.82, 2.24) is 0 Å². The van der Waals surface area contributed by atoms with Gasteiger partial charge in [-0.15, -0.1) is 0 Å². The van der Waals surface area contributed by atoms with E-state index >= 15 is 0 Å². The molecule has 2 heterocycles. The quantitative estimate of drug-likeness (QED) is 0.0543. The number of furan rings is 1. The topological polar surface area (TPSA) is 106 Å². The molecule has 1 aliphatic rings. The molecular weight excluding hydrogens is 695 g/mol. The molecule has 0 bridgehead atoms. The fraction of sp³-hybridized carbons (Fsp3) is 0.729. The van der Waals surface area contributed by atoms with E-state index in [1.165, 1.54) is 183 Å². The Labute approximate surface area is 353 Å². The van der Waals surface area contributed by atoms with Crippen molar-refractivity contribution in [3.05, 3.63) is 41.3 Å². The first kappa shape index (κ1) is 52.9. The van der Waals surface area contributed by atoms with Gasteiger partial charge in [-0.25, -0.2) is 0 Å². The van der Waals surface area contributed by atoms with E-state index in [2.05, 4.69) is 37.9 Å². The number of carbonyl (C=O) groups is 2. The van der Waals surface area contributed by atoms with Crippen molar-refractivity contribution in [1.29, 1.82) is 0 Å². The number of nitrogens with zero attached hydrogens (tertiary/aromatic N) is 1. The molecule has 308 valence electrons. The second kappa shape index (κ2) is 38.7. The Morgan fingerprint density at radius 3 is 1.22 bits per heavy atom. The van der Waals surface area contributed by atoms with Crippen LogP contribution in [-0.2, 0) is 9.59 Å². The largest absolute Gasteiger partial charge is 2.00 e. The molecular formula is C48H79MgNO5. The van der Waals surface area contributed by atoms with Crippen LogP contribution in [0.3, 0.4) is 0 Å². The number of unbranched alkanes of at least 4 members (excludes halogenated alkanes) is 28. The van der Waals surface area contributed by atoms with Crippen molar-refractivity contribution >= 4 is 58.3 Å². The standard InChI is InChI=1S/2C18H36O2.C12H9NO.Mg/c2*1-2-3-4-5-6-7-8-9-10-11-12-13-14-15-16-17-18(19)20;1-8-2-3-9-4-5-13-6-10-7-14-12(8)11(9)10;/h2*2-17H2,1H3,(H,19,20);2-7H,1H3;/q;;;+2/p-2. The Morgan fingerprint density at radius 2 is 0.873 bits per heavy atom. The number of benzene rings is 1. The number of hydrogen-bond donors (Lipinski definition) is 0. The summed E-state index contributed by atoms with van der Waals surface area (Å²) in [5, 5.41) is 21.6. The van der Waals surface area contributed by atoms with Crippen LogP contribution in [0.5, 0.6) is 0 Å². The first-order chi connectivity index (χ1) is 26.4. The second-order valence-corrected chi connectivity index (χ2v) is 15.6. The Hall–Kier alpha value is -2.12. The predicted octanol–water partition coefficient (Wildman–Crippen LogP) is 12.8. The number of carbonyl (C=O) groups excluding carboxylic acids is 2. The molecule has 55 heavy (non-hydrogen) atoms. The third kappa shape index (κ3) is 30.7. The molecule has 7 heteroatoms. The molecule has 0 radical (unpaired) electrons. The van der Waals surface area contributed by atoms with E-state index < -0.39 is 11.9 Å². The van der Waals surface area contributed by atoms with E-state index in [9.17, 15) is 19.8 Å². The van der Waals surface area contributed by atoms with Gasteiger partial charge in [-0.05, 0) is 49.8 Å².